The molecule has 106 valence electrons. The van der Waals surface area contributed by atoms with Crippen LogP contribution in [0, 0.1) is 0 Å². The van der Waals surface area contributed by atoms with Gasteiger partial charge >= 0.3 is 0 Å². The highest BCUT2D eigenvalue weighted by Crippen LogP contribution is 2.25. The normalized spacial score (nSPS) is 10.6. The van der Waals surface area contributed by atoms with Crippen LogP contribution in [0.4, 0.5) is 5.69 Å². The summed E-state index contributed by atoms with van der Waals surface area (Å²) in [7, 11) is 0. The van der Waals surface area contributed by atoms with E-state index in [4.69, 9.17) is 11.5 Å². The third-order valence-electron chi connectivity index (χ3n) is 3.54. The van der Waals surface area contributed by atoms with E-state index in [1.807, 2.05) is 6.07 Å². The van der Waals surface area contributed by atoms with Gasteiger partial charge in [-0.1, -0.05) is 33.1 Å². The van der Waals surface area contributed by atoms with Crippen LogP contribution in [0.5, 0.6) is 0 Å². The molecule has 0 unspecified atom stereocenters. The number of nitrogen functional groups attached to an aromatic ring is 1. The van der Waals surface area contributed by atoms with Crippen molar-refractivity contribution in [2.24, 2.45) is 5.73 Å². The molecule has 4 N–H and O–H groups in total. The SMILES string of the molecule is CCCCCc1c(C(N)=O)ccc(N)c1CCCC. The number of rotatable bonds is 8. The Balaban J connectivity index is 3.08. The van der Waals surface area contributed by atoms with Crippen LogP contribution in [-0.2, 0) is 12.8 Å². The second kappa shape index (κ2) is 7.82. The van der Waals surface area contributed by atoms with Crippen molar-refractivity contribution < 1.29 is 4.79 Å². The average molecular weight is 262 g/mol. The number of carbonyl (C=O) groups is 1. The Morgan fingerprint density at radius 2 is 1.63 bits per heavy atom. The van der Waals surface area contributed by atoms with E-state index in [2.05, 4.69) is 13.8 Å². The van der Waals surface area contributed by atoms with Gasteiger partial charge in [-0.3, -0.25) is 4.79 Å². The fourth-order valence-corrected chi connectivity index (χ4v) is 2.43. The van der Waals surface area contributed by atoms with Crippen molar-refractivity contribution in [2.45, 2.75) is 58.8 Å². The molecule has 1 aromatic carbocycles. The lowest BCUT2D eigenvalue weighted by Crippen LogP contribution is -2.16. The van der Waals surface area contributed by atoms with E-state index in [0.717, 1.165) is 48.9 Å². The number of anilines is 1. The van der Waals surface area contributed by atoms with Gasteiger partial charge in [0.2, 0.25) is 5.91 Å². The number of unbranched alkanes of at least 4 members (excludes halogenated alkanes) is 3. The van der Waals surface area contributed by atoms with Crippen molar-refractivity contribution in [1.82, 2.24) is 0 Å². The van der Waals surface area contributed by atoms with Crippen LogP contribution in [-0.4, -0.2) is 5.91 Å². The smallest absolute Gasteiger partial charge is 0.248 e. The zero-order valence-corrected chi connectivity index (χ0v) is 12.2. The van der Waals surface area contributed by atoms with Gasteiger partial charge in [0.15, 0.2) is 0 Å². The molecule has 1 rings (SSSR count). The lowest BCUT2D eigenvalue weighted by atomic mass is 9.91. The Kier molecular flexibility index (Phi) is 6.40. The number of benzene rings is 1. The number of carbonyl (C=O) groups excluding carboxylic acids is 1. The second-order valence-electron chi connectivity index (χ2n) is 5.08. The van der Waals surface area contributed by atoms with Gasteiger partial charge in [0.25, 0.3) is 0 Å². The molecule has 3 heteroatoms. The number of primary amides is 1. The van der Waals surface area contributed by atoms with Gasteiger partial charge in [-0.05, 0) is 48.9 Å². The molecule has 0 saturated heterocycles. The Labute approximate surface area is 116 Å². The molecule has 0 radical (unpaired) electrons. The molecule has 1 aromatic rings. The average Bonchev–Trinajstić information content (AvgIpc) is 2.38. The number of hydrogen-bond donors (Lipinski definition) is 2. The van der Waals surface area contributed by atoms with Crippen LogP contribution in [0.25, 0.3) is 0 Å². The molecule has 0 saturated carbocycles. The van der Waals surface area contributed by atoms with E-state index in [-0.39, 0.29) is 5.91 Å². The van der Waals surface area contributed by atoms with Crippen molar-refractivity contribution in [3.05, 3.63) is 28.8 Å². The van der Waals surface area contributed by atoms with Crippen LogP contribution in [0.15, 0.2) is 12.1 Å². The highest BCUT2D eigenvalue weighted by molar-refractivity contribution is 5.95. The summed E-state index contributed by atoms with van der Waals surface area (Å²) in [5.41, 5.74) is 15.2. The molecule has 19 heavy (non-hydrogen) atoms. The molecule has 0 aromatic heterocycles. The highest BCUT2D eigenvalue weighted by atomic mass is 16.1. The van der Waals surface area contributed by atoms with Gasteiger partial charge in [0.05, 0.1) is 0 Å². The molecule has 0 aliphatic carbocycles. The largest absolute Gasteiger partial charge is 0.398 e. The second-order valence-corrected chi connectivity index (χ2v) is 5.08. The molecule has 0 atom stereocenters. The van der Waals surface area contributed by atoms with Crippen LogP contribution in [0.1, 0.15) is 67.4 Å². The molecule has 0 aliphatic rings. The van der Waals surface area contributed by atoms with Crippen LogP contribution >= 0.6 is 0 Å². The van der Waals surface area contributed by atoms with E-state index in [0.29, 0.717) is 5.56 Å². The first-order valence-electron chi connectivity index (χ1n) is 7.31. The molecule has 1 amide bonds. The zero-order valence-electron chi connectivity index (χ0n) is 12.2. The summed E-state index contributed by atoms with van der Waals surface area (Å²) in [5, 5.41) is 0. The van der Waals surface area contributed by atoms with Crippen molar-refractivity contribution in [2.75, 3.05) is 5.73 Å². The quantitative estimate of drug-likeness (QED) is 0.556. The molecule has 0 spiro atoms. The summed E-state index contributed by atoms with van der Waals surface area (Å²) < 4.78 is 0. The fourth-order valence-electron chi connectivity index (χ4n) is 2.43. The van der Waals surface area contributed by atoms with Crippen LogP contribution in [0.2, 0.25) is 0 Å². The maximum Gasteiger partial charge on any atom is 0.248 e. The minimum atomic E-state index is -0.343. The summed E-state index contributed by atoms with van der Waals surface area (Å²) in [5.74, 6) is -0.343. The van der Waals surface area contributed by atoms with Crippen molar-refractivity contribution in [1.29, 1.82) is 0 Å². The first-order chi connectivity index (χ1) is 9.11. The van der Waals surface area contributed by atoms with Gasteiger partial charge < -0.3 is 11.5 Å². The molecule has 0 bridgehead atoms. The topological polar surface area (TPSA) is 69.1 Å². The van der Waals surface area contributed by atoms with Gasteiger partial charge in [-0.2, -0.15) is 0 Å². The van der Waals surface area contributed by atoms with E-state index in [9.17, 15) is 4.79 Å². The van der Waals surface area contributed by atoms with Gasteiger partial charge in [-0.15, -0.1) is 0 Å². The Hall–Kier alpha value is -1.51. The van der Waals surface area contributed by atoms with Crippen LogP contribution in [0.3, 0.4) is 0 Å². The highest BCUT2D eigenvalue weighted by Gasteiger charge is 2.14. The molecule has 0 fully saturated rings. The summed E-state index contributed by atoms with van der Waals surface area (Å²) in [4.78, 5) is 11.6. The van der Waals surface area contributed by atoms with E-state index < -0.39 is 0 Å². The van der Waals surface area contributed by atoms with Crippen molar-refractivity contribution in [3.63, 3.8) is 0 Å². The molecule has 0 heterocycles. The number of nitrogens with two attached hydrogens (primary N) is 2. The Morgan fingerprint density at radius 3 is 2.21 bits per heavy atom. The van der Waals surface area contributed by atoms with Gasteiger partial charge in [0, 0.05) is 11.3 Å². The third-order valence-corrected chi connectivity index (χ3v) is 3.54. The Morgan fingerprint density at radius 1 is 1.00 bits per heavy atom. The van der Waals surface area contributed by atoms with E-state index in [1.54, 1.807) is 6.07 Å². The minimum Gasteiger partial charge on any atom is -0.398 e. The summed E-state index contributed by atoms with van der Waals surface area (Å²) >= 11 is 0. The fraction of sp³-hybridized carbons (Fsp3) is 0.562. The first-order valence-corrected chi connectivity index (χ1v) is 7.31. The summed E-state index contributed by atoms with van der Waals surface area (Å²) in [6, 6.07) is 3.59. The lowest BCUT2D eigenvalue weighted by Gasteiger charge is -2.15. The number of amides is 1. The molecule has 3 nitrogen and oxygen atoms in total. The number of hydrogen-bond acceptors (Lipinski definition) is 2. The third kappa shape index (κ3) is 4.27. The summed E-state index contributed by atoms with van der Waals surface area (Å²) in [6.07, 6.45) is 7.46. The van der Waals surface area contributed by atoms with E-state index in [1.165, 1.54) is 12.8 Å². The predicted octanol–water partition coefficient (Wildman–Crippen LogP) is 3.44. The summed E-state index contributed by atoms with van der Waals surface area (Å²) in [6.45, 7) is 4.33. The molecular formula is C16H26N2O. The molecular weight excluding hydrogens is 236 g/mol. The van der Waals surface area contributed by atoms with E-state index >= 15 is 0 Å². The van der Waals surface area contributed by atoms with Gasteiger partial charge in [0.1, 0.15) is 0 Å². The van der Waals surface area contributed by atoms with Crippen molar-refractivity contribution in [3.8, 4) is 0 Å². The molecule has 0 aliphatic heterocycles. The lowest BCUT2D eigenvalue weighted by molar-refractivity contribution is 0.0999. The zero-order chi connectivity index (χ0) is 14.3. The van der Waals surface area contributed by atoms with Gasteiger partial charge in [-0.25, -0.2) is 0 Å². The van der Waals surface area contributed by atoms with Crippen molar-refractivity contribution >= 4 is 11.6 Å². The Bertz CT molecular complexity index is 427. The maximum absolute atomic E-state index is 11.6. The standard InChI is InChI=1S/C16H26N2O/c1-3-5-7-9-12-13(8-6-4-2)15(17)11-10-14(12)16(18)19/h10-11H,3-9,17H2,1-2H3,(H2,18,19). The maximum atomic E-state index is 11.6. The first kappa shape index (κ1) is 15.5. The predicted molar refractivity (Wildman–Crippen MR) is 81.2 cm³/mol. The minimum absolute atomic E-state index is 0.343. The van der Waals surface area contributed by atoms with Crippen LogP contribution < -0.4 is 11.5 Å². The monoisotopic (exact) mass is 262 g/mol.